The SMILES string of the molecule is Cc1cc(-c2[nH]c3cc(C(=O)N4CCC5(CCN(CC(N)=O)CC5)C4)sc3c2C(C)C)cn2ncnc12. The van der Waals surface area contributed by atoms with E-state index in [1.165, 1.54) is 5.56 Å². The summed E-state index contributed by atoms with van der Waals surface area (Å²) < 4.78 is 2.97. The van der Waals surface area contributed by atoms with E-state index in [2.05, 4.69) is 46.8 Å². The van der Waals surface area contributed by atoms with Crippen LogP contribution in [0.3, 0.4) is 0 Å². The van der Waals surface area contributed by atoms with Crippen molar-refractivity contribution >= 4 is 39.0 Å². The highest BCUT2D eigenvalue weighted by Gasteiger charge is 2.42. The van der Waals surface area contributed by atoms with Gasteiger partial charge in [-0.3, -0.25) is 14.5 Å². The molecule has 2 amide bonds. The highest BCUT2D eigenvalue weighted by atomic mass is 32.1. The maximum atomic E-state index is 13.6. The van der Waals surface area contributed by atoms with Crippen LogP contribution < -0.4 is 5.73 Å². The number of nitrogens with one attached hydrogen (secondary N) is 1. The molecule has 0 radical (unpaired) electrons. The Hall–Kier alpha value is -3.24. The van der Waals surface area contributed by atoms with Gasteiger partial charge in [-0.15, -0.1) is 11.3 Å². The Balaban J connectivity index is 1.25. The first kappa shape index (κ1) is 24.1. The molecule has 4 aromatic rings. The van der Waals surface area contributed by atoms with E-state index in [1.54, 1.807) is 17.7 Å². The molecule has 1 spiro atoms. The fourth-order valence-corrected chi connectivity index (χ4v) is 7.47. The van der Waals surface area contributed by atoms with Gasteiger partial charge >= 0.3 is 0 Å². The molecule has 4 aromatic heterocycles. The maximum absolute atomic E-state index is 13.6. The van der Waals surface area contributed by atoms with Crippen LogP contribution in [0, 0.1) is 12.3 Å². The van der Waals surface area contributed by atoms with Crippen molar-refractivity contribution in [1.29, 1.82) is 0 Å². The molecule has 6 heterocycles. The zero-order valence-electron chi connectivity index (χ0n) is 21.6. The van der Waals surface area contributed by atoms with Crippen LogP contribution in [0.2, 0.25) is 0 Å². The van der Waals surface area contributed by atoms with Gasteiger partial charge in [0.2, 0.25) is 5.91 Å². The van der Waals surface area contributed by atoms with Gasteiger partial charge in [-0.2, -0.15) is 5.10 Å². The van der Waals surface area contributed by atoms with Gasteiger partial charge in [0.15, 0.2) is 5.65 Å². The Bertz CT molecular complexity index is 1510. The minimum Gasteiger partial charge on any atom is -0.369 e. The van der Waals surface area contributed by atoms with Crippen molar-refractivity contribution in [3.63, 3.8) is 0 Å². The average molecular weight is 520 g/mol. The number of nitrogens with zero attached hydrogens (tertiary/aromatic N) is 5. The number of carbonyl (C=O) groups excluding carboxylic acids is 2. The van der Waals surface area contributed by atoms with Crippen LogP contribution in [0.4, 0.5) is 0 Å². The number of aromatic nitrogens is 4. The van der Waals surface area contributed by atoms with Crippen LogP contribution in [0.15, 0.2) is 24.7 Å². The fourth-order valence-electron chi connectivity index (χ4n) is 6.19. The molecule has 6 rings (SSSR count). The van der Waals surface area contributed by atoms with Crippen LogP contribution in [0.5, 0.6) is 0 Å². The minimum absolute atomic E-state index is 0.127. The highest BCUT2D eigenvalue weighted by Crippen LogP contribution is 2.43. The summed E-state index contributed by atoms with van der Waals surface area (Å²) >= 11 is 1.60. The summed E-state index contributed by atoms with van der Waals surface area (Å²) in [5.74, 6) is 0.144. The first-order chi connectivity index (χ1) is 17.7. The van der Waals surface area contributed by atoms with Crippen molar-refractivity contribution in [3.8, 4) is 11.3 Å². The van der Waals surface area contributed by atoms with E-state index in [0.717, 1.165) is 83.0 Å². The van der Waals surface area contributed by atoms with E-state index < -0.39 is 0 Å². The van der Waals surface area contributed by atoms with Crippen molar-refractivity contribution in [2.24, 2.45) is 11.1 Å². The van der Waals surface area contributed by atoms with Gasteiger partial charge in [-0.05, 0) is 73.9 Å². The minimum atomic E-state index is -0.273. The average Bonchev–Trinajstić information content (AvgIpc) is 3.62. The fraction of sp³-hybridized carbons (Fsp3) is 0.481. The lowest BCUT2D eigenvalue weighted by Crippen LogP contribution is -2.45. The smallest absolute Gasteiger partial charge is 0.264 e. The highest BCUT2D eigenvalue weighted by molar-refractivity contribution is 7.21. The summed E-state index contributed by atoms with van der Waals surface area (Å²) in [6, 6.07) is 4.18. The van der Waals surface area contributed by atoms with Crippen molar-refractivity contribution in [1.82, 2.24) is 29.4 Å². The molecule has 37 heavy (non-hydrogen) atoms. The lowest BCUT2D eigenvalue weighted by Gasteiger charge is -2.38. The molecular weight excluding hydrogens is 486 g/mol. The van der Waals surface area contributed by atoms with E-state index in [1.807, 2.05) is 21.7 Å². The molecule has 2 aliphatic rings. The molecule has 194 valence electrons. The summed E-state index contributed by atoms with van der Waals surface area (Å²) in [6.45, 7) is 10.1. The number of primary amides is 1. The predicted octanol–water partition coefficient (Wildman–Crippen LogP) is 3.78. The lowest BCUT2D eigenvalue weighted by atomic mass is 9.78. The second kappa shape index (κ2) is 8.95. The Morgan fingerprint density at radius 3 is 2.68 bits per heavy atom. The molecular formula is C27H33N7O2S. The second-order valence-corrected chi connectivity index (χ2v) is 12.1. The number of carbonyl (C=O) groups is 2. The topological polar surface area (TPSA) is 113 Å². The van der Waals surface area contributed by atoms with Crippen LogP contribution in [0.1, 0.15) is 59.8 Å². The largest absolute Gasteiger partial charge is 0.369 e. The number of nitrogens with two attached hydrogens (primary N) is 1. The number of aryl methyl sites for hydroxylation is 1. The number of hydrogen-bond acceptors (Lipinski definition) is 6. The summed E-state index contributed by atoms with van der Waals surface area (Å²) in [7, 11) is 0. The Labute approximate surface area is 219 Å². The van der Waals surface area contributed by atoms with Gasteiger partial charge in [0.1, 0.15) is 6.33 Å². The third kappa shape index (κ3) is 4.21. The van der Waals surface area contributed by atoms with Crippen LogP contribution in [-0.2, 0) is 4.79 Å². The van der Waals surface area contributed by atoms with E-state index in [4.69, 9.17) is 5.73 Å². The molecule has 0 aromatic carbocycles. The molecule has 2 saturated heterocycles. The third-order valence-corrected chi connectivity index (χ3v) is 9.32. The molecule has 3 N–H and O–H groups in total. The molecule has 0 bridgehead atoms. The van der Waals surface area contributed by atoms with E-state index >= 15 is 0 Å². The molecule has 2 aliphatic heterocycles. The van der Waals surface area contributed by atoms with Gasteiger partial charge in [0.25, 0.3) is 5.91 Å². The molecule has 10 heteroatoms. The zero-order chi connectivity index (χ0) is 25.9. The van der Waals surface area contributed by atoms with E-state index in [-0.39, 0.29) is 23.1 Å². The number of pyridine rings is 1. The van der Waals surface area contributed by atoms with Crippen molar-refractivity contribution in [2.45, 2.75) is 46.0 Å². The van der Waals surface area contributed by atoms with Crippen molar-refractivity contribution in [2.75, 3.05) is 32.7 Å². The number of H-pyrrole nitrogens is 1. The summed E-state index contributed by atoms with van der Waals surface area (Å²) in [5, 5.41) is 4.34. The third-order valence-electron chi connectivity index (χ3n) is 8.16. The van der Waals surface area contributed by atoms with E-state index in [0.29, 0.717) is 6.54 Å². The Morgan fingerprint density at radius 1 is 1.19 bits per heavy atom. The molecule has 0 saturated carbocycles. The molecule has 9 nitrogen and oxygen atoms in total. The van der Waals surface area contributed by atoms with Gasteiger partial charge < -0.3 is 15.6 Å². The predicted molar refractivity (Wildman–Crippen MR) is 145 cm³/mol. The van der Waals surface area contributed by atoms with Crippen LogP contribution in [0.25, 0.3) is 27.1 Å². The molecule has 2 fully saturated rings. The summed E-state index contributed by atoms with van der Waals surface area (Å²) in [6.07, 6.45) is 6.63. The zero-order valence-corrected chi connectivity index (χ0v) is 22.4. The maximum Gasteiger partial charge on any atom is 0.264 e. The van der Waals surface area contributed by atoms with Crippen molar-refractivity contribution < 1.29 is 9.59 Å². The number of piperidine rings is 1. The number of thiophene rings is 1. The quantitative estimate of drug-likeness (QED) is 0.417. The van der Waals surface area contributed by atoms with Gasteiger partial charge in [-0.1, -0.05) is 13.8 Å². The van der Waals surface area contributed by atoms with Crippen LogP contribution >= 0.6 is 11.3 Å². The summed E-state index contributed by atoms with van der Waals surface area (Å²) in [4.78, 5) is 37.8. The van der Waals surface area contributed by atoms with Gasteiger partial charge in [0, 0.05) is 24.8 Å². The number of hydrogen-bond donors (Lipinski definition) is 2. The van der Waals surface area contributed by atoms with Crippen molar-refractivity contribution in [3.05, 3.63) is 40.7 Å². The first-order valence-electron chi connectivity index (χ1n) is 13.0. The normalized spacial score (nSPS) is 18.1. The number of aromatic amines is 1. The standard InChI is InChI=1S/C27H33N7O2S/c1-16(2)22-23(18-10-17(3)25-29-15-30-34(25)12-18)31-19-11-20(37-24(19)22)26(36)33-9-6-27(14-33)4-7-32(8-5-27)13-21(28)35/h10-12,15-16,31H,4-9,13-14H2,1-3H3,(H2,28,35). The number of amides is 2. The van der Waals surface area contributed by atoms with Gasteiger partial charge in [-0.25, -0.2) is 9.50 Å². The molecule has 0 atom stereocenters. The lowest BCUT2D eigenvalue weighted by molar-refractivity contribution is -0.119. The first-order valence-corrected chi connectivity index (χ1v) is 13.8. The Morgan fingerprint density at radius 2 is 1.95 bits per heavy atom. The number of fused-ring (bicyclic) bond motifs is 2. The summed E-state index contributed by atoms with van der Waals surface area (Å²) in [5.41, 5.74) is 11.9. The number of likely N-dealkylation sites (tertiary alicyclic amines) is 2. The van der Waals surface area contributed by atoms with Gasteiger partial charge in [0.05, 0.1) is 27.3 Å². The second-order valence-electron chi connectivity index (χ2n) is 11.1. The molecule has 0 aliphatic carbocycles. The number of rotatable bonds is 5. The Kier molecular flexibility index (Phi) is 5.83. The molecule has 0 unspecified atom stereocenters. The van der Waals surface area contributed by atoms with E-state index in [9.17, 15) is 9.59 Å². The van der Waals surface area contributed by atoms with Crippen LogP contribution in [-0.4, -0.2) is 73.9 Å². The monoisotopic (exact) mass is 519 g/mol.